The second-order valence-corrected chi connectivity index (χ2v) is 13.7. The molecule has 2 bridgehead atoms. The van der Waals surface area contributed by atoms with Crippen LogP contribution in [0.2, 0.25) is 18.1 Å². The fourth-order valence-corrected chi connectivity index (χ4v) is 6.55. The Morgan fingerprint density at radius 2 is 1.90 bits per heavy atom. The zero-order valence-electron chi connectivity index (χ0n) is 14.4. The molecule has 120 valence electrons. The van der Waals surface area contributed by atoms with Crippen molar-refractivity contribution < 1.29 is 14.0 Å². The summed E-state index contributed by atoms with van der Waals surface area (Å²) in [6.45, 7) is 11.5. The second kappa shape index (κ2) is 4.57. The number of carbonyl (C=O) groups excluding carboxylic acids is 1. The first-order chi connectivity index (χ1) is 9.62. The SMILES string of the molecule is COC(=O)[C@@H]1C2CC3CC[C@]1(O[Si](C)(C)C(C)(C)C)C2C3. The van der Waals surface area contributed by atoms with Crippen LogP contribution in [0.1, 0.15) is 46.5 Å². The van der Waals surface area contributed by atoms with E-state index in [1.165, 1.54) is 26.4 Å². The van der Waals surface area contributed by atoms with Gasteiger partial charge in [-0.1, -0.05) is 20.8 Å². The summed E-state index contributed by atoms with van der Waals surface area (Å²) in [4.78, 5) is 12.4. The molecule has 0 aliphatic heterocycles. The predicted molar refractivity (Wildman–Crippen MR) is 85.5 cm³/mol. The zero-order valence-corrected chi connectivity index (χ0v) is 15.4. The molecule has 0 aromatic carbocycles. The van der Waals surface area contributed by atoms with Crippen molar-refractivity contribution >= 4 is 14.3 Å². The molecular formula is C17H30O3Si. The van der Waals surface area contributed by atoms with Gasteiger partial charge in [0.1, 0.15) is 0 Å². The molecule has 0 amide bonds. The van der Waals surface area contributed by atoms with Crippen molar-refractivity contribution in [2.24, 2.45) is 23.7 Å². The molecule has 0 aromatic heterocycles. The van der Waals surface area contributed by atoms with Crippen molar-refractivity contribution in [1.82, 2.24) is 0 Å². The van der Waals surface area contributed by atoms with E-state index in [0.29, 0.717) is 11.8 Å². The van der Waals surface area contributed by atoms with Gasteiger partial charge in [-0.3, -0.25) is 4.79 Å². The predicted octanol–water partition coefficient (Wildman–Crippen LogP) is 3.99. The van der Waals surface area contributed by atoms with Crippen molar-refractivity contribution in [3.05, 3.63) is 0 Å². The molecule has 3 aliphatic rings. The van der Waals surface area contributed by atoms with Crippen LogP contribution in [0.25, 0.3) is 0 Å². The van der Waals surface area contributed by atoms with E-state index in [4.69, 9.17) is 9.16 Å². The van der Waals surface area contributed by atoms with Gasteiger partial charge in [0.25, 0.3) is 0 Å². The van der Waals surface area contributed by atoms with Gasteiger partial charge in [0.15, 0.2) is 8.32 Å². The third kappa shape index (κ3) is 2.05. The molecule has 0 N–H and O–H groups in total. The summed E-state index contributed by atoms with van der Waals surface area (Å²) in [7, 11) is -0.350. The Labute approximate surface area is 129 Å². The Balaban J connectivity index is 1.92. The molecule has 0 radical (unpaired) electrons. The molecule has 3 saturated carbocycles. The highest BCUT2D eigenvalue weighted by Crippen LogP contribution is 2.68. The minimum atomic E-state index is -1.87. The molecule has 0 spiro atoms. The highest BCUT2D eigenvalue weighted by atomic mass is 28.4. The fraction of sp³-hybridized carbons (Fsp3) is 0.941. The molecule has 21 heavy (non-hydrogen) atoms. The third-order valence-corrected chi connectivity index (χ3v) is 11.4. The summed E-state index contributed by atoms with van der Waals surface area (Å²) in [5.41, 5.74) is -0.201. The van der Waals surface area contributed by atoms with E-state index in [-0.39, 0.29) is 22.5 Å². The van der Waals surface area contributed by atoms with Gasteiger partial charge in [-0.2, -0.15) is 0 Å². The molecule has 3 unspecified atom stereocenters. The van der Waals surface area contributed by atoms with E-state index >= 15 is 0 Å². The maximum absolute atomic E-state index is 12.4. The lowest BCUT2D eigenvalue weighted by Gasteiger charge is -2.61. The maximum Gasteiger partial charge on any atom is 0.311 e. The van der Waals surface area contributed by atoms with Gasteiger partial charge in [0.2, 0.25) is 0 Å². The lowest BCUT2D eigenvalue weighted by Crippen LogP contribution is -2.69. The molecule has 5 atom stereocenters. The van der Waals surface area contributed by atoms with Crippen LogP contribution in [0.15, 0.2) is 0 Å². The van der Waals surface area contributed by atoms with Crippen LogP contribution < -0.4 is 0 Å². The van der Waals surface area contributed by atoms with E-state index in [1.807, 2.05) is 0 Å². The number of fused-ring (bicyclic) bond motifs is 1. The average molecular weight is 311 g/mol. The van der Waals surface area contributed by atoms with E-state index in [9.17, 15) is 4.79 Å². The first kappa shape index (κ1) is 15.5. The van der Waals surface area contributed by atoms with Gasteiger partial charge >= 0.3 is 5.97 Å². The molecule has 3 aliphatic carbocycles. The van der Waals surface area contributed by atoms with Gasteiger partial charge < -0.3 is 9.16 Å². The molecule has 0 saturated heterocycles. The van der Waals surface area contributed by atoms with Crippen molar-refractivity contribution in [2.75, 3.05) is 7.11 Å². The number of esters is 1. The Kier molecular flexibility index (Phi) is 3.38. The van der Waals surface area contributed by atoms with Crippen molar-refractivity contribution in [1.29, 1.82) is 0 Å². The quantitative estimate of drug-likeness (QED) is 0.584. The molecule has 4 heteroatoms. The molecule has 3 rings (SSSR count). The number of methoxy groups -OCH3 is 1. The van der Waals surface area contributed by atoms with Gasteiger partial charge in [-0.05, 0) is 61.6 Å². The lowest BCUT2D eigenvalue weighted by molar-refractivity contribution is -0.205. The smallest absolute Gasteiger partial charge is 0.311 e. The minimum absolute atomic E-state index is 0.00544. The molecule has 3 nitrogen and oxygen atoms in total. The summed E-state index contributed by atoms with van der Waals surface area (Å²) in [6.07, 6.45) is 4.78. The normalized spacial score (nSPS) is 41.6. The average Bonchev–Trinajstić information content (AvgIpc) is 2.57. The molecular weight excluding hydrogens is 280 g/mol. The Morgan fingerprint density at radius 3 is 2.48 bits per heavy atom. The first-order valence-electron chi connectivity index (χ1n) is 8.40. The standard InChI is InChI=1S/C17H30O3Si/c1-16(2,3)21(5,6)20-17-8-7-11-9-12(13(17)10-11)14(17)15(18)19-4/h11-14H,7-10H2,1-6H3/t11?,12?,13?,14-,17-/m0/s1. The maximum atomic E-state index is 12.4. The summed E-state index contributed by atoms with van der Waals surface area (Å²) in [5.74, 6) is 1.92. The lowest BCUT2D eigenvalue weighted by atomic mass is 9.53. The van der Waals surface area contributed by atoms with E-state index in [2.05, 4.69) is 33.9 Å². The van der Waals surface area contributed by atoms with E-state index < -0.39 is 8.32 Å². The van der Waals surface area contributed by atoms with Crippen LogP contribution in [-0.2, 0) is 14.0 Å². The summed E-state index contributed by atoms with van der Waals surface area (Å²) >= 11 is 0. The van der Waals surface area contributed by atoms with Crippen molar-refractivity contribution in [2.45, 2.75) is 70.2 Å². The van der Waals surface area contributed by atoms with Gasteiger partial charge in [0, 0.05) is 0 Å². The number of hydrogen-bond acceptors (Lipinski definition) is 3. The summed E-state index contributed by atoms with van der Waals surface area (Å²) in [6, 6.07) is 0. The van der Waals surface area contributed by atoms with Crippen LogP contribution >= 0.6 is 0 Å². The molecule has 0 aromatic rings. The van der Waals surface area contributed by atoms with E-state index in [1.54, 1.807) is 0 Å². The Morgan fingerprint density at radius 1 is 1.24 bits per heavy atom. The third-order valence-electron chi connectivity index (χ3n) is 6.94. The van der Waals surface area contributed by atoms with Gasteiger partial charge in [-0.15, -0.1) is 0 Å². The largest absolute Gasteiger partial charge is 0.469 e. The van der Waals surface area contributed by atoms with Crippen LogP contribution in [0.3, 0.4) is 0 Å². The summed E-state index contributed by atoms with van der Waals surface area (Å²) < 4.78 is 12.0. The van der Waals surface area contributed by atoms with Crippen LogP contribution in [0, 0.1) is 23.7 Å². The second-order valence-electron chi connectivity index (χ2n) is 8.96. The monoisotopic (exact) mass is 310 g/mol. The topological polar surface area (TPSA) is 35.5 Å². The highest BCUT2D eigenvalue weighted by Gasteiger charge is 2.71. The molecule has 3 fully saturated rings. The number of carbonyl (C=O) groups is 1. The van der Waals surface area contributed by atoms with Crippen LogP contribution in [0.4, 0.5) is 0 Å². The van der Waals surface area contributed by atoms with Crippen molar-refractivity contribution in [3.63, 3.8) is 0 Å². The Bertz CT molecular complexity index is 453. The van der Waals surface area contributed by atoms with E-state index in [0.717, 1.165) is 12.3 Å². The zero-order chi connectivity index (χ0) is 15.6. The number of ether oxygens (including phenoxy) is 1. The van der Waals surface area contributed by atoms with Crippen LogP contribution in [-0.4, -0.2) is 27.0 Å². The number of rotatable bonds is 3. The fourth-order valence-electron chi connectivity index (χ4n) is 4.91. The van der Waals surface area contributed by atoms with Crippen molar-refractivity contribution in [3.8, 4) is 0 Å². The van der Waals surface area contributed by atoms with Gasteiger partial charge in [0.05, 0.1) is 18.6 Å². The number of hydrogen-bond donors (Lipinski definition) is 0. The highest BCUT2D eigenvalue weighted by molar-refractivity contribution is 6.74. The first-order valence-corrected chi connectivity index (χ1v) is 11.3. The van der Waals surface area contributed by atoms with Gasteiger partial charge in [-0.25, -0.2) is 0 Å². The Hall–Kier alpha value is -0.353. The van der Waals surface area contributed by atoms with Crippen LogP contribution in [0.5, 0.6) is 0 Å². The summed E-state index contributed by atoms with van der Waals surface area (Å²) in [5, 5.41) is 0.183. The minimum Gasteiger partial charge on any atom is -0.469 e. The molecule has 0 heterocycles.